The van der Waals surface area contributed by atoms with Crippen LogP contribution in [0.1, 0.15) is 55.5 Å². The highest BCUT2D eigenvalue weighted by atomic mass is 16.5. The molecular weight excluding hydrogens is 366 g/mol. The Bertz CT molecular complexity index is 927. The SMILES string of the molecule is CNc1cc(C)c(-c2ccc3c(c2)CCCO3)c(C(OC(C)(C)C)C(=O)O)c1C. The molecule has 3 rings (SSSR count). The molecule has 2 aromatic carbocycles. The van der Waals surface area contributed by atoms with Crippen LogP contribution in [0, 0.1) is 13.8 Å². The van der Waals surface area contributed by atoms with Crippen molar-refractivity contribution in [2.75, 3.05) is 19.0 Å². The molecule has 1 aliphatic heterocycles. The number of rotatable bonds is 5. The first kappa shape index (κ1) is 21.2. The van der Waals surface area contributed by atoms with E-state index < -0.39 is 17.7 Å². The zero-order valence-electron chi connectivity index (χ0n) is 18.2. The highest BCUT2D eigenvalue weighted by Gasteiger charge is 2.32. The molecule has 1 aliphatic rings. The molecule has 5 heteroatoms. The maximum absolute atomic E-state index is 12.3. The molecule has 2 aromatic rings. The molecule has 0 aromatic heterocycles. The summed E-state index contributed by atoms with van der Waals surface area (Å²) in [7, 11) is 1.85. The number of ether oxygens (including phenoxy) is 2. The Labute approximate surface area is 173 Å². The van der Waals surface area contributed by atoms with E-state index in [1.807, 2.05) is 53.8 Å². The number of hydrogen-bond donors (Lipinski definition) is 2. The van der Waals surface area contributed by atoms with Gasteiger partial charge in [-0.1, -0.05) is 6.07 Å². The van der Waals surface area contributed by atoms with E-state index in [1.165, 1.54) is 0 Å². The topological polar surface area (TPSA) is 67.8 Å². The fourth-order valence-electron chi connectivity index (χ4n) is 4.01. The van der Waals surface area contributed by atoms with Gasteiger partial charge in [-0.05, 0) is 93.5 Å². The summed E-state index contributed by atoms with van der Waals surface area (Å²) in [4.78, 5) is 12.3. The van der Waals surface area contributed by atoms with Crippen molar-refractivity contribution in [3.63, 3.8) is 0 Å². The standard InChI is InChI=1S/C24H31NO4/c1-14-12-18(25-6)15(2)21(22(23(26)27)29-24(3,4)5)20(14)17-9-10-19-16(13-17)8-7-11-28-19/h9-10,12-13,22,25H,7-8,11H2,1-6H3,(H,26,27). The van der Waals surface area contributed by atoms with Crippen molar-refractivity contribution in [3.05, 3.63) is 46.5 Å². The van der Waals surface area contributed by atoms with Crippen molar-refractivity contribution in [2.24, 2.45) is 0 Å². The van der Waals surface area contributed by atoms with E-state index in [2.05, 4.69) is 17.4 Å². The van der Waals surface area contributed by atoms with Gasteiger partial charge in [0, 0.05) is 18.3 Å². The third-order valence-corrected chi connectivity index (χ3v) is 5.26. The Kier molecular flexibility index (Phi) is 5.90. The van der Waals surface area contributed by atoms with Gasteiger partial charge in [-0.15, -0.1) is 0 Å². The average molecular weight is 398 g/mol. The molecule has 1 heterocycles. The van der Waals surface area contributed by atoms with E-state index in [1.54, 1.807) is 0 Å². The Balaban J connectivity index is 2.26. The van der Waals surface area contributed by atoms with Crippen LogP contribution in [0.15, 0.2) is 24.3 Å². The second-order valence-corrected chi connectivity index (χ2v) is 8.63. The van der Waals surface area contributed by atoms with Gasteiger partial charge >= 0.3 is 5.97 Å². The molecule has 0 bridgehead atoms. The minimum absolute atomic E-state index is 0.597. The maximum Gasteiger partial charge on any atom is 0.337 e. The van der Waals surface area contributed by atoms with Gasteiger partial charge in [-0.25, -0.2) is 4.79 Å². The maximum atomic E-state index is 12.3. The molecule has 0 saturated carbocycles. The van der Waals surface area contributed by atoms with Crippen LogP contribution >= 0.6 is 0 Å². The van der Waals surface area contributed by atoms with Crippen molar-refractivity contribution in [1.82, 2.24) is 0 Å². The Hall–Kier alpha value is -2.53. The summed E-state index contributed by atoms with van der Waals surface area (Å²) in [6.45, 7) is 10.3. The number of benzene rings is 2. The van der Waals surface area contributed by atoms with Gasteiger partial charge in [0.05, 0.1) is 12.2 Å². The first-order chi connectivity index (χ1) is 13.6. The van der Waals surface area contributed by atoms with E-state index in [0.29, 0.717) is 5.56 Å². The molecule has 1 unspecified atom stereocenters. The molecule has 0 aliphatic carbocycles. The number of carboxylic acid groups (broad SMARTS) is 1. The van der Waals surface area contributed by atoms with Crippen LogP contribution in [0.4, 0.5) is 5.69 Å². The summed E-state index contributed by atoms with van der Waals surface area (Å²) in [5.41, 5.74) is 6.00. The van der Waals surface area contributed by atoms with Gasteiger partial charge in [-0.3, -0.25) is 0 Å². The molecule has 0 radical (unpaired) electrons. The summed E-state index contributed by atoms with van der Waals surface area (Å²) in [5, 5.41) is 13.3. The van der Waals surface area contributed by atoms with Crippen LogP contribution in [-0.2, 0) is 16.0 Å². The minimum Gasteiger partial charge on any atom is -0.493 e. The largest absolute Gasteiger partial charge is 0.493 e. The van der Waals surface area contributed by atoms with Crippen LogP contribution in [-0.4, -0.2) is 30.3 Å². The van der Waals surface area contributed by atoms with Crippen molar-refractivity contribution >= 4 is 11.7 Å². The summed E-state index contributed by atoms with van der Waals surface area (Å²) in [6, 6.07) is 8.22. The van der Waals surface area contributed by atoms with Crippen LogP contribution in [0.3, 0.4) is 0 Å². The number of nitrogens with one attached hydrogen (secondary N) is 1. The fourth-order valence-corrected chi connectivity index (χ4v) is 4.01. The zero-order chi connectivity index (χ0) is 21.3. The summed E-state index contributed by atoms with van der Waals surface area (Å²) in [5.74, 6) is -0.0679. The summed E-state index contributed by atoms with van der Waals surface area (Å²) in [6.07, 6.45) is 0.890. The molecule has 1 atom stereocenters. The molecule has 156 valence electrons. The Morgan fingerprint density at radius 2 is 1.97 bits per heavy atom. The second kappa shape index (κ2) is 8.07. The van der Waals surface area contributed by atoms with Gasteiger partial charge in [0.2, 0.25) is 0 Å². The lowest BCUT2D eigenvalue weighted by atomic mass is 9.86. The lowest BCUT2D eigenvalue weighted by molar-refractivity contribution is -0.160. The van der Waals surface area contributed by atoms with Crippen LogP contribution < -0.4 is 10.1 Å². The molecule has 0 amide bonds. The highest BCUT2D eigenvalue weighted by molar-refractivity contribution is 5.85. The van der Waals surface area contributed by atoms with Gasteiger partial charge in [0.1, 0.15) is 5.75 Å². The third kappa shape index (κ3) is 4.40. The molecule has 0 fully saturated rings. The van der Waals surface area contributed by atoms with E-state index in [9.17, 15) is 9.90 Å². The number of fused-ring (bicyclic) bond motifs is 1. The number of anilines is 1. The van der Waals surface area contributed by atoms with Gasteiger partial charge < -0.3 is 19.9 Å². The van der Waals surface area contributed by atoms with Gasteiger partial charge in [0.25, 0.3) is 0 Å². The van der Waals surface area contributed by atoms with Crippen molar-refractivity contribution < 1.29 is 19.4 Å². The average Bonchev–Trinajstić information content (AvgIpc) is 2.66. The molecule has 0 spiro atoms. The first-order valence-corrected chi connectivity index (χ1v) is 10.1. The first-order valence-electron chi connectivity index (χ1n) is 10.1. The fraction of sp³-hybridized carbons (Fsp3) is 0.458. The minimum atomic E-state index is -1.07. The number of carbonyl (C=O) groups is 1. The monoisotopic (exact) mass is 397 g/mol. The summed E-state index contributed by atoms with van der Waals surface area (Å²) >= 11 is 0. The van der Waals surface area contributed by atoms with Crippen LogP contribution in [0.5, 0.6) is 5.75 Å². The van der Waals surface area contributed by atoms with Gasteiger partial charge in [0.15, 0.2) is 6.10 Å². The van der Waals surface area contributed by atoms with Gasteiger partial charge in [-0.2, -0.15) is 0 Å². The predicted octanol–water partition coefficient (Wildman–Crippen LogP) is 5.28. The van der Waals surface area contributed by atoms with Crippen molar-refractivity contribution in [1.29, 1.82) is 0 Å². The molecule has 5 nitrogen and oxygen atoms in total. The number of hydrogen-bond acceptors (Lipinski definition) is 4. The quantitative estimate of drug-likeness (QED) is 0.719. The van der Waals surface area contributed by atoms with E-state index >= 15 is 0 Å². The Morgan fingerprint density at radius 3 is 2.59 bits per heavy atom. The molecule has 29 heavy (non-hydrogen) atoms. The normalized spacial score (nSPS) is 14.7. The van der Waals surface area contributed by atoms with Crippen LogP contribution in [0.25, 0.3) is 11.1 Å². The zero-order valence-corrected chi connectivity index (χ0v) is 18.2. The smallest absolute Gasteiger partial charge is 0.337 e. The molecule has 0 saturated heterocycles. The van der Waals surface area contributed by atoms with Crippen molar-refractivity contribution in [2.45, 2.75) is 59.2 Å². The van der Waals surface area contributed by atoms with E-state index in [-0.39, 0.29) is 0 Å². The summed E-state index contributed by atoms with van der Waals surface area (Å²) < 4.78 is 11.8. The number of aliphatic carboxylic acids is 1. The third-order valence-electron chi connectivity index (χ3n) is 5.26. The Morgan fingerprint density at radius 1 is 1.24 bits per heavy atom. The van der Waals surface area contributed by atoms with E-state index in [4.69, 9.17) is 9.47 Å². The molecule has 2 N–H and O–H groups in total. The van der Waals surface area contributed by atoms with Crippen LogP contribution in [0.2, 0.25) is 0 Å². The van der Waals surface area contributed by atoms with Crippen molar-refractivity contribution in [3.8, 4) is 16.9 Å². The molecular formula is C24H31NO4. The second-order valence-electron chi connectivity index (χ2n) is 8.63. The lowest BCUT2D eigenvalue weighted by Crippen LogP contribution is -2.28. The number of carboxylic acids is 1. The van der Waals surface area contributed by atoms with E-state index in [0.717, 1.165) is 58.7 Å². The lowest BCUT2D eigenvalue weighted by Gasteiger charge is -2.29. The predicted molar refractivity (Wildman–Crippen MR) is 116 cm³/mol. The highest BCUT2D eigenvalue weighted by Crippen LogP contribution is 2.42. The number of aryl methyl sites for hydroxylation is 2.